The molecule has 35 heavy (non-hydrogen) atoms. The van der Waals surface area contributed by atoms with Gasteiger partial charge in [0.1, 0.15) is 18.1 Å². The molecule has 1 heterocycles. The number of primary amides is 1. The molecular weight excluding hydrogens is 474 g/mol. The maximum atomic E-state index is 13.3. The summed E-state index contributed by atoms with van der Waals surface area (Å²) in [5, 5.41) is 14.7. The minimum absolute atomic E-state index is 0.118. The van der Waals surface area contributed by atoms with E-state index in [0.717, 1.165) is 5.56 Å². The van der Waals surface area contributed by atoms with Gasteiger partial charge in [-0.1, -0.05) is 30.3 Å². The number of hydrogen-bond donors (Lipinski definition) is 5. The van der Waals surface area contributed by atoms with Crippen LogP contribution in [0.15, 0.2) is 30.3 Å². The van der Waals surface area contributed by atoms with E-state index in [4.69, 9.17) is 11.5 Å². The Balaban J connectivity index is 2.21. The summed E-state index contributed by atoms with van der Waals surface area (Å²) < 4.78 is 0. The highest BCUT2D eigenvalue weighted by atomic mass is 32.2. The minimum Gasteiger partial charge on any atom is -0.480 e. The Labute approximate surface area is 208 Å². The number of nitrogens with zero attached hydrogens (tertiary/aromatic N) is 1. The van der Waals surface area contributed by atoms with Crippen LogP contribution in [-0.4, -0.2) is 82.3 Å². The summed E-state index contributed by atoms with van der Waals surface area (Å²) >= 11 is 1.49. The molecule has 4 unspecified atom stereocenters. The number of carbonyl (C=O) groups excluding carboxylic acids is 4. The lowest BCUT2D eigenvalue weighted by molar-refractivity contribution is -0.149. The van der Waals surface area contributed by atoms with Gasteiger partial charge in [-0.05, 0) is 36.8 Å². The summed E-state index contributed by atoms with van der Waals surface area (Å²) in [7, 11) is 0. The first-order valence-electron chi connectivity index (χ1n) is 11.3. The number of carbonyl (C=O) groups is 5. The first kappa shape index (κ1) is 28.1. The number of rotatable bonds is 13. The third-order valence-corrected chi connectivity index (χ3v) is 6.36. The van der Waals surface area contributed by atoms with Crippen molar-refractivity contribution < 1.29 is 29.1 Å². The number of nitrogens with two attached hydrogens (primary N) is 2. The van der Waals surface area contributed by atoms with Gasteiger partial charge in [0, 0.05) is 13.0 Å². The van der Waals surface area contributed by atoms with Gasteiger partial charge in [-0.25, -0.2) is 4.79 Å². The van der Waals surface area contributed by atoms with E-state index in [-0.39, 0.29) is 12.8 Å². The highest BCUT2D eigenvalue weighted by Crippen LogP contribution is 2.20. The van der Waals surface area contributed by atoms with Crippen LogP contribution in [0, 0.1) is 0 Å². The summed E-state index contributed by atoms with van der Waals surface area (Å²) in [5.41, 5.74) is 11.6. The number of likely N-dealkylation sites (tertiary alicyclic amines) is 1. The Kier molecular flexibility index (Phi) is 11.0. The summed E-state index contributed by atoms with van der Waals surface area (Å²) in [6.07, 6.45) is 2.81. The number of carboxylic acid groups (broad SMARTS) is 1. The van der Waals surface area contributed by atoms with E-state index in [0.29, 0.717) is 31.6 Å². The van der Waals surface area contributed by atoms with Crippen molar-refractivity contribution in [2.24, 2.45) is 11.5 Å². The van der Waals surface area contributed by atoms with Gasteiger partial charge in [-0.3, -0.25) is 19.2 Å². The Morgan fingerprint density at radius 3 is 2.37 bits per heavy atom. The molecule has 4 atom stereocenters. The zero-order chi connectivity index (χ0) is 26.0. The van der Waals surface area contributed by atoms with E-state index in [1.54, 1.807) is 24.3 Å². The van der Waals surface area contributed by atoms with Gasteiger partial charge in [0.15, 0.2) is 0 Å². The van der Waals surface area contributed by atoms with Crippen molar-refractivity contribution >= 4 is 41.4 Å². The second kappa shape index (κ2) is 13.7. The second-order valence-electron chi connectivity index (χ2n) is 8.40. The molecule has 0 radical (unpaired) electrons. The minimum atomic E-state index is -1.23. The lowest BCUT2D eigenvalue weighted by Gasteiger charge is -2.29. The average Bonchev–Trinajstić information content (AvgIpc) is 3.31. The van der Waals surface area contributed by atoms with Crippen molar-refractivity contribution in [2.45, 2.75) is 56.3 Å². The number of carboxylic acids is 1. The lowest BCUT2D eigenvalue weighted by atomic mass is 10.0. The molecule has 1 fully saturated rings. The number of benzene rings is 1. The first-order chi connectivity index (χ1) is 16.6. The highest BCUT2D eigenvalue weighted by molar-refractivity contribution is 7.98. The topological polar surface area (TPSA) is 185 Å². The molecule has 12 heteroatoms. The van der Waals surface area contributed by atoms with Gasteiger partial charge in [0.05, 0.1) is 12.5 Å². The molecular formula is C23H33N5O6S. The molecule has 1 aliphatic heterocycles. The number of hydrogen-bond acceptors (Lipinski definition) is 7. The standard InChI is InChI=1S/C23H33N5O6S/c1-35-11-9-16(22(32)28-10-5-8-18(28)23(33)34)26-21(31)17(12-14-6-3-2-4-7-14)27-20(30)15(24)13-19(25)29/h2-4,6-7,15-18H,5,8-13,24H2,1H3,(H2,25,29)(H,26,31)(H,27,30)(H,33,34). The Morgan fingerprint density at radius 2 is 1.77 bits per heavy atom. The van der Waals surface area contributed by atoms with Crippen LogP contribution in [0.5, 0.6) is 0 Å². The van der Waals surface area contributed by atoms with Gasteiger partial charge in [-0.15, -0.1) is 0 Å². The van der Waals surface area contributed by atoms with E-state index in [2.05, 4.69) is 10.6 Å². The van der Waals surface area contributed by atoms with Crippen molar-refractivity contribution in [1.29, 1.82) is 0 Å². The molecule has 11 nitrogen and oxygen atoms in total. The molecule has 0 aliphatic carbocycles. The fourth-order valence-corrected chi connectivity index (χ4v) is 4.37. The van der Waals surface area contributed by atoms with Crippen molar-refractivity contribution in [3.63, 3.8) is 0 Å². The zero-order valence-corrected chi connectivity index (χ0v) is 20.5. The molecule has 4 amide bonds. The predicted octanol–water partition coefficient (Wildman–Crippen LogP) is -0.770. The van der Waals surface area contributed by atoms with E-state index >= 15 is 0 Å². The summed E-state index contributed by atoms with van der Waals surface area (Å²) in [5.74, 6) is -3.08. The molecule has 7 N–H and O–H groups in total. The van der Waals surface area contributed by atoms with Crippen LogP contribution in [0.2, 0.25) is 0 Å². The molecule has 0 bridgehead atoms. The van der Waals surface area contributed by atoms with Gasteiger partial charge < -0.3 is 32.1 Å². The number of amides is 4. The van der Waals surface area contributed by atoms with E-state index in [1.165, 1.54) is 16.7 Å². The largest absolute Gasteiger partial charge is 0.480 e. The highest BCUT2D eigenvalue weighted by Gasteiger charge is 2.38. The van der Waals surface area contributed by atoms with E-state index in [1.807, 2.05) is 12.3 Å². The monoisotopic (exact) mass is 507 g/mol. The van der Waals surface area contributed by atoms with Crippen LogP contribution in [0.25, 0.3) is 0 Å². The first-order valence-corrected chi connectivity index (χ1v) is 12.7. The molecule has 192 valence electrons. The quantitative estimate of drug-likeness (QED) is 0.230. The number of nitrogens with one attached hydrogen (secondary N) is 2. The normalized spacial score (nSPS) is 17.8. The van der Waals surface area contributed by atoms with E-state index < -0.39 is 53.8 Å². The third kappa shape index (κ3) is 8.55. The summed E-state index contributed by atoms with van der Waals surface area (Å²) in [6.45, 7) is 0.299. The van der Waals surface area contributed by atoms with Crippen LogP contribution in [0.4, 0.5) is 0 Å². The van der Waals surface area contributed by atoms with Crippen LogP contribution >= 0.6 is 11.8 Å². The maximum Gasteiger partial charge on any atom is 0.326 e. The Hall–Kier alpha value is -3.12. The summed E-state index contributed by atoms with van der Waals surface area (Å²) in [4.78, 5) is 63.0. The van der Waals surface area contributed by atoms with Crippen LogP contribution in [0.1, 0.15) is 31.2 Å². The zero-order valence-electron chi connectivity index (χ0n) is 19.6. The maximum absolute atomic E-state index is 13.3. The molecule has 1 aliphatic rings. The number of thioether (sulfide) groups is 1. The van der Waals surface area contributed by atoms with Gasteiger partial charge in [0.25, 0.3) is 0 Å². The molecule has 0 spiro atoms. The second-order valence-corrected chi connectivity index (χ2v) is 9.38. The molecule has 1 aromatic carbocycles. The van der Waals surface area contributed by atoms with Crippen molar-refractivity contribution in [3.8, 4) is 0 Å². The molecule has 1 saturated heterocycles. The molecule has 2 rings (SSSR count). The van der Waals surface area contributed by atoms with Crippen molar-refractivity contribution in [3.05, 3.63) is 35.9 Å². The average molecular weight is 508 g/mol. The van der Waals surface area contributed by atoms with Crippen LogP contribution in [-0.2, 0) is 30.4 Å². The molecule has 0 saturated carbocycles. The van der Waals surface area contributed by atoms with Gasteiger partial charge >= 0.3 is 5.97 Å². The van der Waals surface area contributed by atoms with Gasteiger partial charge in [-0.2, -0.15) is 11.8 Å². The summed E-state index contributed by atoms with van der Waals surface area (Å²) in [6, 6.07) is 4.76. The Morgan fingerprint density at radius 1 is 1.11 bits per heavy atom. The lowest BCUT2D eigenvalue weighted by Crippen LogP contribution is -2.58. The van der Waals surface area contributed by atoms with Crippen molar-refractivity contribution in [1.82, 2.24) is 15.5 Å². The molecule has 0 aromatic heterocycles. The smallest absolute Gasteiger partial charge is 0.326 e. The fraction of sp³-hybridized carbons (Fsp3) is 0.522. The number of aliphatic carboxylic acids is 1. The SMILES string of the molecule is CSCCC(NC(=O)C(Cc1ccccc1)NC(=O)C(N)CC(N)=O)C(=O)N1CCCC1C(=O)O. The Bertz CT molecular complexity index is 915. The van der Waals surface area contributed by atoms with Crippen LogP contribution < -0.4 is 22.1 Å². The van der Waals surface area contributed by atoms with Gasteiger partial charge in [0.2, 0.25) is 23.6 Å². The van der Waals surface area contributed by atoms with Crippen molar-refractivity contribution in [2.75, 3.05) is 18.6 Å². The van der Waals surface area contributed by atoms with E-state index in [9.17, 15) is 29.1 Å². The molecule has 1 aromatic rings. The van der Waals surface area contributed by atoms with Crippen LogP contribution in [0.3, 0.4) is 0 Å². The third-order valence-electron chi connectivity index (χ3n) is 5.72. The fourth-order valence-electron chi connectivity index (χ4n) is 3.90. The predicted molar refractivity (Wildman–Crippen MR) is 131 cm³/mol.